The van der Waals surface area contributed by atoms with E-state index in [1.54, 1.807) is 0 Å². The summed E-state index contributed by atoms with van der Waals surface area (Å²) >= 11 is 0. The summed E-state index contributed by atoms with van der Waals surface area (Å²) in [5.74, 6) is 0. The first-order chi connectivity index (χ1) is 6.66. The molecule has 0 amide bonds. The van der Waals surface area contributed by atoms with Gasteiger partial charge in [0.05, 0.1) is 18.3 Å². The third kappa shape index (κ3) is 2.10. The maximum absolute atomic E-state index is 9.83. The molecule has 2 aliphatic rings. The van der Waals surface area contributed by atoms with E-state index in [4.69, 9.17) is 4.74 Å². The van der Waals surface area contributed by atoms with Crippen LogP contribution in [0.2, 0.25) is 0 Å². The zero-order valence-corrected chi connectivity index (χ0v) is 9.15. The smallest absolute Gasteiger partial charge is 0.0695 e. The lowest BCUT2D eigenvalue weighted by Gasteiger charge is -2.39. The number of hydrogen-bond donors (Lipinski definition) is 1. The molecule has 14 heavy (non-hydrogen) atoms. The number of ether oxygens (including phenoxy) is 1. The Bertz CT molecular complexity index is 188. The van der Waals surface area contributed by atoms with Crippen molar-refractivity contribution in [1.29, 1.82) is 0 Å². The SMILES string of the molecule is C[C@@H]1CN(C2CCCC2O)C[C@H](C)O1. The van der Waals surface area contributed by atoms with Gasteiger partial charge in [-0.15, -0.1) is 0 Å². The summed E-state index contributed by atoms with van der Waals surface area (Å²) in [5, 5.41) is 9.83. The van der Waals surface area contributed by atoms with E-state index < -0.39 is 0 Å². The minimum atomic E-state index is -0.104. The monoisotopic (exact) mass is 199 g/mol. The van der Waals surface area contributed by atoms with Crippen LogP contribution in [0, 0.1) is 0 Å². The molecule has 0 aromatic rings. The topological polar surface area (TPSA) is 32.7 Å². The van der Waals surface area contributed by atoms with E-state index in [1.807, 2.05) is 0 Å². The van der Waals surface area contributed by atoms with Crippen LogP contribution in [0.1, 0.15) is 33.1 Å². The highest BCUT2D eigenvalue weighted by atomic mass is 16.5. The van der Waals surface area contributed by atoms with Gasteiger partial charge >= 0.3 is 0 Å². The van der Waals surface area contributed by atoms with E-state index in [2.05, 4.69) is 18.7 Å². The Morgan fingerprint density at radius 2 is 1.79 bits per heavy atom. The highest BCUT2D eigenvalue weighted by Crippen LogP contribution is 2.26. The van der Waals surface area contributed by atoms with E-state index in [-0.39, 0.29) is 6.10 Å². The van der Waals surface area contributed by atoms with Crippen molar-refractivity contribution in [2.75, 3.05) is 13.1 Å². The average Bonchev–Trinajstić information content (AvgIpc) is 2.49. The maximum Gasteiger partial charge on any atom is 0.0695 e. The van der Waals surface area contributed by atoms with Crippen LogP contribution >= 0.6 is 0 Å². The molecule has 1 saturated heterocycles. The predicted molar refractivity (Wildman–Crippen MR) is 55.2 cm³/mol. The Kier molecular flexibility index (Phi) is 3.10. The molecular weight excluding hydrogens is 178 g/mol. The minimum Gasteiger partial charge on any atom is -0.391 e. The predicted octanol–water partition coefficient (Wildman–Crippen LogP) is 1.01. The Hall–Kier alpha value is -0.120. The molecule has 0 aromatic heterocycles. The fraction of sp³-hybridized carbons (Fsp3) is 1.00. The van der Waals surface area contributed by atoms with Gasteiger partial charge in [0.25, 0.3) is 0 Å². The van der Waals surface area contributed by atoms with Gasteiger partial charge in [-0.2, -0.15) is 0 Å². The molecule has 1 heterocycles. The van der Waals surface area contributed by atoms with Gasteiger partial charge < -0.3 is 9.84 Å². The molecule has 0 bridgehead atoms. The molecule has 2 fully saturated rings. The zero-order chi connectivity index (χ0) is 10.1. The molecule has 2 rings (SSSR count). The van der Waals surface area contributed by atoms with Crippen molar-refractivity contribution in [3.63, 3.8) is 0 Å². The largest absolute Gasteiger partial charge is 0.391 e. The Morgan fingerprint density at radius 1 is 1.14 bits per heavy atom. The first-order valence-electron chi connectivity index (χ1n) is 5.74. The van der Waals surface area contributed by atoms with Crippen molar-refractivity contribution >= 4 is 0 Å². The van der Waals surface area contributed by atoms with Crippen LogP contribution < -0.4 is 0 Å². The Morgan fingerprint density at radius 3 is 2.29 bits per heavy atom. The summed E-state index contributed by atoms with van der Waals surface area (Å²) in [6.07, 6.45) is 3.82. The molecule has 0 radical (unpaired) electrons. The second kappa shape index (κ2) is 4.17. The van der Waals surface area contributed by atoms with Gasteiger partial charge in [0.2, 0.25) is 0 Å². The third-order valence-corrected chi connectivity index (χ3v) is 3.36. The molecule has 82 valence electrons. The van der Waals surface area contributed by atoms with Gasteiger partial charge in [-0.05, 0) is 33.1 Å². The molecule has 3 heteroatoms. The number of aliphatic hydroxyl groups is 1. The molecule has 1 N–H and O–H groups in total. The van der Waals surface area contributed by atoms with Crippen molar-refractivity contribution in [2.45, 2.75) is 57.5 Å². The number of morpholine rings is 1. The molecule has 0 spiro atoms. The lowest BCUT2D eigenvalue weighted by Crippen LogP contribution is -2.52. The molecule has 3 nitrogen and oxygen atoms in total. The van der Waals surface area contributed by atoms with Crippen molar-refractivity contribution in [3.8, 4) is 0 Å². The number of aliphatic hydroxyl groups excluding tert-OH is 1. The van der Waals surface area contributed by atoms with Crippen LogP contribution in [0.3, 0.4) is 0 Å². The van der Waals surface area contributed by atoms with Gasteiger partial charge in [-0.1, -0.05) is 0 Å². The van der Waals surface area contributed by atoms with Crippen molar-refractivity contribution in [3.05, 3.63) is 0 Å². The van der Waals surface area contributed by atoms with Crippen LogP contribution in [0.5, 0.6) is 0 Å². The number of hydrogen-bond acceptors (Lipinski definition) is 3. The van der Waals surface area contributed by atoms with Crippen molar-refractivity contribution in [1.82, 2.24) is 4.90 Å². The summed E-state index contributed by atoms with van der Waals surface area (Å²) in [6.45, 7) is 6.19. The molecular formula is C11H21NO2. The first-order valence-corrected chi connectivity index (χ1v) is 5.74. The second-order valence-electron chi connectivity index (χ2n) is 4.78. The van der Waals surface area contributed by atoms with Gasteiger partial charge in [0, 0.05) is 19.1 Å². The zero-order valence-electron chi connectivity index (χ0n) is 9.15. The minimum absolute atomic E-state index is 0.104. The number of nitrogens with zero attached hydrogens (tertiary/aromatic N) is 1. The van der Waals surface area contributed by atoms with Crippen molar-refractivity contribution < 1.29 is 9.84 Å². The summed E-state index contributed by atoms with van der Waals surface area (Å²) in [4.78, 5) is 2.41. The number of rotatable bonds is 1. The fourth-order valence-electron chi connectivity index (χ4n) is 2.84. The van der Waals surface area contributed by atoms with Crippen LogP contribution in [0.25, 0.3) is 0 Å². The van der Waals surface area contributed by atoms with E-state index in [9.17, 15) is 5.11 Å². The van der Waals surface area contributed by atoms with Crippen LogP contribution in [0.4, 0.5) is 0 Å². The van der Waals surface area contributed by atoms with E-state index in [0.29, 0.717) is 18.2 Å². The van der Waals surface area contributed by atoms with Crippen molar-refractivity contribution in [2.24, 2.45) is 0 Å². The Balaban J connectivity index is 1.95. The second-order valence-corrected chi connectivity index (χ2v) is 4.78. The summed E-state index contributed by atoms with van der Waals surface area (Å²) in [5.41, 5.74) is 0. The van der Waals surface area contributed by atoms with Gasteiger partial charge in [-0.25, -0.2) is 0 Å². The quantitative estimate of drug-likeness (QED) is 0.684. The average molecular weight is 199 g/mol. The summed E-state index contributed by atoms with van der Waals surface area (Å²) in [7, 11) is 0. The highest BCUT2D eigenvalue weighted by molar-refractivity contribution is 4.88. The van der Waals surface area contributed by atoms with Gasteiger partial charge in [0.1, 0.15) is 0 Å². The highest BCUT2D eigenvalue weighted by Gasteiger charge is 2.34. The van der Waals surface area contributed by atoms with Gasteiger partial charge in [0.15, 0.2) is 0 Å². The Labute approximate surface area is 86.0 Å². The van der Waals surface area contributed by atoms with Crippen LogP contribution in [-0.4, -0.2) is 47.4 Å². The van der Waals surface area contributed by atoms with Crippen LogP contribution in [0.15, 0.2) is 0 Å². The summed E-state index contributed by atoms with van der Waals surface area (Å²) < 4.78 is 5.69. The standard InChI is InChI=1S/C11H21NO2/c1-8-6-12(7-9(2)14-8)10-4-3-5-11(10)13/h8-11,13H,3-7H2,1-2H3/t8-,9+,10?,11?. The van der Waals surface area contributed by atoms with E-state index >= 15 is 0 Å². The maximum atomic E-state index is 9.83. The fourth-order valence-corrected chi connectivity index (χ4v) is 2.84. The lowest BCUT2D eigenvalue weighted by atomic mass is 10.1. The molecule has 2 unspecified atom stereocenters. The molecule has 1 aliphatic carbocycles. The molecule has 0 aromatic carbocycles. The van der Waals surface area contributed by atoms with E-state index in [0.717, 1.165) is 25.9 Å². The normalized spacial score (nSPS) is 45.6. The third-order valence-electron chi connectivity index (χ3n) is 3.36. The first kappa shape index (κ1) is 10.4. The lowest BCUT2D eigenvalue weighted by molar-refractivity contribution is -0.0911. The van der Waals surface area contributed by atoms with E-state index in [1.165, 1.54) is 6.42 Å². The van der Waals surface area contributed by atoms with Crippen LogP contribution in [-0.2, 0) is 4.74 Å². The molecule has 1 aliphatic heterocycles. The molecule has 4 atom stereocenters. The van der Waals surface area contributed by atoms with Gasteiger partial charge in [-0.3, -0.25) is 4.90 Å². The summed E-state index contributed by atoms with van der Waals surface area (Å²) in [6, 6.07) is 0.392. The molecule has 1 saturated carbocycles.